The van der Waals surface area contributed by atoms with Crippen LogP contribution in [0.1, 0.15) is 21.5 Å². The number of benzene rings is 2. The fraction of sp³-hybridized carbons (Fsp3) is 0.174. The van der Waals surface area contributed by atoms with Crippen molar-refractivity contribution in [2.75, 3.05) is 14.2 Å². The number of ether oxygens (including phenoxy) is 4. The van der Waals surface area contributed by atoms with Crippen LogP contribution in [-0.4, -0.2) is 41.0 Å². The molecule has 0 saturated heterocycles. The summed E-state index contributed by atoms with van der Waals surface area (Å²) in [5, 5.41) is 13.8. The fourth-order valence-electron chi connectivity index (χ4n) is 2.98. The van der Waals surface area contributed by atoms with Crippen molar-refractivity contribution >= 4 is 17.5 Å². The van der Waals surface area contributed by atoms with Gasteiger partial charge in [0.05, 0.1) is 20.5 Å². The molecule has 0 fully saturated rings. The molecule has 1 heterocycles. The maximum atomic E-state index is 12.5. The average Bonchev–Trinajstić information content (AvgIpc) is 3.11. The Bertz CT molecular complexity index is 1140. The SMILES string of the molecule is COC=C(C(=O)O)c1ccccc1COc1nn(C)c(Oc2ccccc2)c1C(=O)OC. The lowest BCUT2D eigenvalue weighted by Gasteiger charge is -2.11. The van der Waals surface area contributed by atoms with E-state index >= 15 is 0 Å². The van der Waals surface area contributed by atoms with Crippen LogP contribution in [0.25, 0.3) is 5.57 Å². The molecule has 166 valence electrons. The number of carboxylic acid groups (broad SMARTS) is 1. The van der Waals surface area contributed by atoms with Crippen molar-refractivity contribution in [2.45, 2.75) is 6.61 Å². The number of carbonyl (C=O) groups excluding carboxylic acids is 1. The number of aliphatic carboxylic acids is 1. The van der Waals surface area contributed by atoms with E-state index in [1.54, 1.807) is 55.6 Å². The minimum atomic E-state index is -1.15. The van der Waals surface area contributed by atoms with Crippen molar-refractivity contribution in [3.05, 3.63) is 77.5 Å². The van der Waals surface area contributed by atoms with Gasteiger partial charge in [-0.2, -0.15) is 0 Å². The van der Waals surface area contributed by atoms with Gasteiger partial charge in [0.25, 0.3) is 5.88 Å². The number of carboxylic acids is 1. The lowest BCUT2D eigenvalue weighted by atomic mass is 10.0. The highest BCUT2D eigenvalue weighted by atomic mass is 16.5. The first-order valence-electron chi connectivity index (χ1n) is 9.51. The second kappa shape index (κ2) is 10.2. The molecule has 1 N–H and O–H groups in total. The normalized spacial score (nSPS) is 11.0. The molecule has 3 rings (SSSR count). The lowest BCUT2D eigenvalue weighted by molar-refractivity contribution is -0.130. The fourth-order valence-corrected chi connectivity index (χ4v) is 2.98. The van der Waals surface area contributed by atoms with Crippen molar-refractivity contribution in [2.24, 2.45) is 7.05 Å². The predicted molar refractivity (Wildman–Crippen MR) is 114 cm³/mol. The Kier molecular flexibility index (Phi) is 7.12. The first-order chi connectivity index (χ1) is 15.5. The summed E-state index contributed by atoms with van der Waals surface area (Å²) < 4.78 is 22.8. The maximum absolute atomic E-state index is 12.5. The molecule has 0 amide bonds. The molecular formula is C23H22N2O7. The summed E-state index contributed by atoms with van der Waals surface area (Å²) in [6, 6.07) is 15.7. The van der Waals surface area contributed by atoms with E-state index < -0.39 is 11.9 Å². The highest BCUT2D eigenvalue weighted by Crippen LogP contribution is 2.33. The molecule has 3 aromatic rings. The van der Waals surface area contributed by atoms with Crippen LogP contribution < -0.4 is 9.47 Å². The molecule has 0 aliphatic rings. The third kappa shape index (κ3) is 4.89. The van der Waals surface area contributed by atoms with E-state index in [1.807, 2.05) is 6.07 Å². The van der Waals surface area contributed by atoms with E-state index in [0.29, 0.717) is 16.9 Å². The van der Waals surface area contributed by atoms with E-state index in [9.17, 15) is 14.7 Å². The molecule has 32 heavy (non-hydrogen) atoms. The van der Waals surface area contributed by atoms with E-state index in [4.69, 9.17) is 18.9 Å². The van der Waals surface area contributed by atoms with Gasteiger partial charge in [-0.05, 0) is 23.3 Å². The number of nitrogens with zero attached hydrogens (tertiary/aromatic N) is 2. The Morgan fingerprint density at radius 2 is 1.75 bits per heavy atom. The van der Waals surface area contributed by atoms with Gasteiger partial charge in [0, 0.05) is 7.05 Å². The summed E-state index contributed by atoms with van der Waals surface area (Å²) in [6.45, 7) is -0.0592. The van der Waals surface area contributed by atoms with Crippen LogP contribution in [0.4, 0.5) is 0 Å². The number of hydrogen-bond donors (Lipinski definition) is 1. The Labute approximate surface area is 184 Å². The summed E-state index contributed by atoms with van der Waals surface area (Å²) in [5.41, 5.74) is 0.958. The van der Waals surface area contributed by atoms with E-state index in [2.05, 4.69) is 5.10 Å². The van der Waals surface area contributed by atoms with Crippen molar-refractivity contribution in [1.82, 2.24) is 9.78 Å². The topological polar surface area (TPSA) is 109 Å². The van der Waals surface area contributed by atoms with Crippen molar-refractivity contribution in [3.8, 4) is 17.5 Å². The van der Waals surface area contributed by atoms with Crippen LogP contribution >= 0.6 is 0 Å². The zero-order chi connectivity index (χ0) is 23.1. The number of para-hydroxylation sites is 1. The van der Waals surface area contributed by atoms with Gasteiger partial charge in [-0.3, -0.25) is 0 Å². The largest absolute Gasteiger partial charge is 0.503 e. The Hall–Kier alpha value is -4.27. The summed E-state index contributed by atoms with van der Waals surface area (Å²) in [5.74, 6) is -1.18. The molecular weight excluding hydrogens is 416 g/mol. The third-order valence-corrected chi connectivity index (χ3v) is 4.45. The number of rotatable bonds is 9. The van der Waals surface area contributed by atoms with Gasteiger partial charge >= 0.3 is 11.9 Å². The summed E-state index contributed by atoms with van der Waals surface area (Å²) in [4.78, 5) is 24.1. The second-order valence-corrected chi connectivity index (χ2v) is 6.53. The highest BCUT2D eigenvalue weighted by molar-refractivity contribution is 6.15. The Balaban J connectivity index is 1.94. The van der Waals surface area contributed by atoms with Crippen molar-refractivity contribution in [1.29, 1.82) is 0 Å². The number of aromatic nitrogens is 2. The van der Waals surface area contributed by atoms with Gasteiger partial charge in [-0.1, -0.05) is 42.5 Å². The third-order valence-electron chi connectivity index (χ3n) is 4.45. The first kappa shape index (κ1) is 22.4. The summed E-state index contributed by atoms with van der Waals surface area (Å²) in [7, 11) is 4.22. The average molecular weight is 438 g/mol. The molecule has 1 aromatic heterocycles. The molecule has 9 heteroatoms. The monoisotopic (exact) mass is 438 g/mol. The number of esters is 1. The quantitative estimate of drug-likeness (QED) is 0.306. The standard InChI is InChI=1S/C23H22N2O7/c1-25-21(32-16-10-5-4-6-11-16)19(23(28)30-3)20(24-25)31-13-15-9-7-8-12-17(15)18(14-29-2)22(26)27/h4-12,14H,13H2,1-3H3,(H,26,27). The van der Waals surface area contributed by atoms with Crippen LogP contribution in [0.3, 0.4) is 0 Å². The molecule has 0 radical (unpaired) electrons. The molecule has 0 saturated carbocycles. The number of carbonyl (C=O) groups is 2. The number of aryl methyl sites for hydroxylation is 1. The second-order valence-electron chi connectivity index (χ2n) is 6.53. The van der Waals surface area contributed by atoms with E-state index in [1.165, 1.54) is 18.9 Å². The molecule has 2 aromatic carbocycles. The number of methoxy groups -OCH3 is 2. The van der Waals surface area contributed by atoms with Crippen LogP contribution in [0.2, 0.25) is 0 Å². The smallest absolute Gasteiger partial charge is 0.349 e. The van der Waals surface area contributed by atoms with Gasteiger partial charge in [0.2, 0.25) is 5.88 Å². The zero-order valence-corrected chi connectivity index (χ0v) is 17.8. The molecule has 0 unspecified atom stereocenters. The predicted octanol–water partition coefficient (Wildman–Crippen LogP) is 3.65. The Morgan fingerprint density at radius 1 is 1.06 bits per heavy atom. The first-order valence-corrected chi connectivity index (χ1v) is 9.51. The van der Waals surface area contributed by atoms with Crippen LogP contribution in [0.15, 0.2) is 60.9 Å². The molecule has 0 bridgehead atoms. The van der Waals surface area contributed by atoms with Crippen molar-refractivity contribution < 1.29 is 33.6 Å². The lowest BCUT2D eigenvalue weighted by Crippen LogP contribution is -2.08. The molecule has 9 nitrogen and oxygen atoms in total. The minimum absolute atomic E-state index is 0.00678. The van der Waals surface area contributed by atoms with Gasteiger partial charge in [-0.15, -0.1) is 5.10 Å². The van der Waals surface area contributed by atoms with Crippen molar-refractivity contribution in [3.63, 3.8) is 0 Å². The van der Waals surface area contributed by atoms with Gasteiger partial charge < -0.3 is 24.1 Å². The van der Waals surface area contributed by atoms with Gasteiger partial charge in [0.15, 0.2) is 5.56 Å². The maximum Gasteiger partial charge on any atom is 0.349 e. The Morgan fingerprint density at radius 3 is 2.41 bits per heavy atom. The highest BCUT2D eigenvalue weighted by Gasteiger charge is 2.27. The summed E-state index contributed by atoms with van der Waals surface area (Å²) >= 11 is 0. The van der Waals surface area contributed by atoms with Gasteiger partial charge in [0.1, 0.15) is 17.9 Å². The van der Waals surface area contributed by atoms with E-state index in [0.717, 1.165) is 6.26 Å². The van der Waals surface area contributed by atoms with Crippen LogP contribution in [0, 0.1) is 0 Å². The molecule has 0 aliphatic carbocycles. The number of hydrogen-bond acceptors (Lipinski definition) is 7. The zero-order valence-electron chi connectivity index (χ0n) is 17.8. The van der Waals surface area contributed by atoms with Crippen LogP contribution in [0.5, 0.6) is 17.5 Å². The van der Waals surface area contributed by atoms with E-state index in [-0.39, 0.29) is 29.5 Å². The molecule has 0 atom stereocenters. The van der Waals surface area contributed by atoms with Crippen LogP contribution in [-0.2, 0) is 27.9 Å². The van der Waals surface area contributed by atoms with Gasteiger partial charge in [-0.25, -0.2) is 14.3 Å². The minimum Gasteiger partial charge on any atom is -0.503 e. The molecule has 0 spiro atoms. The summed E-state index contributed by atoms with van der Waals surface area (Å²) in [6.07, 6.45) is 1.15. The molecule has 0 aliphatic heterocycles.